The van der Waals surface area contributed by atoms with Gasteiger partial charge in [0.15, 0.2) is 0 Å². The predicted octanol–water partition coefficient (Wildman–Crippen LogP) is 4.89. The zero-order valence-corrected chi connectivity index (χ0v) is 24.2. The number of amides is 1. The van der Waals surface area contributed by atoms with E-state index < -0.39 is 5.41 Å². The topological polar surface area (TPSA) is 72.8 Å². The molecule has 5 aliphatic carbocycles. The highest BCUT2D eigenvalue weighted by Crippen LogP contribution is 2.87. The van der Waals surface area contributed by atoms with E-state index in [9.17, 15) is 15.0 Å². The Labute approximate surface area is 229 Å². The summed E-state index contributed by atoms with van der Waals surface area (Å²) in [6.07, 6.45) is 11.1. The largest absolute Gasteiger partial charge is 0.396 e. The third kappa shape index (κ3) is 3.13. The number of fused-ring (bicyclic) bond motifs is 2. The van der Waals surface area contributed by atoms with E-state index in [1.54, 1.807) is 0 Å². The maximum Gasteiger partial charge on any atom is 0.251 e. The van der Waals surface area contributed by atoms with Gasteiger partial charge >= 0.3 is 0 Å². The van der Waals surface area contributed by atoms with Crippen LogP contribution in [0.5, 0.6) is 0 Å². The van der Waals surface area contributed by atoms with Crippen LogP contribution in [0.2, 0.25) is 0 Å². The Morgan fingerprint density at radius 3 is 2.34 bits per heavy atom. The standard InChI is InChI=1S/C33H48N2O3/c1-21(35(5)6)27-23(37)18-31(4)25-13-12-24-29(2,20-36)26(34-28(38)22-10-8-7-9-11-22)14-15-32(24)19-33(25,32)17-16-30(27,31)3/h7-13,21,23-27,36-37H,14-20H2,1-6H3,(H,34,38)/t21-,23-,24-,25-,26-,27-,29+,30+,31-,32+,33-/m0/s1. The first-order valence-electron chi connectivity index (χ1n) is 14.9. The molecule has 1 aromatic carbocycles. The molecular weight excluding hydrogens is 472 g/mol. The number of aliphatic hydroxyl groups is 2. The monoisotopic (exact) mass is 520 g/mol. The number of nitrogens with zero attached hydrogens (tertiary/aromatic N) is 1. The van der Waals surface area contributed by atoms with E-state index in [0.717, 1.165) is 25.7 Å². The minimum atomic E-state index is -0.396. The molecule has 0 aromatic heterocycles. The third-order valence-corrected chi connectivity index (χ3v) is 13.5. The first kappa shape index (κ1) is 26.5. The van der Waals surface area contributed by atoms with Crippen molar-refractivity contribution in [1.82, 2.24) is 10.2 Å². The van der Waals surface area contributed by atoms with Gasteiger partial charge in [0.1, 0.15) is 0 Å². The third-order valence-electron chi connectivity index (χ3n) is 13.5. The van der Waals surface area contributed by atoms with E-state index in [0.29, 0.717) is 17.5 Å². The number of hydrogen-bond donors (Lipinski definition) is 3. The fraction of sp³-hybridized carbons (Fsp3) is 0.727. The van der Waals surface area contributed by atoms with Crippen molar-refractivity contribution in [1.29, 1.82) is 0 Å². The molecule has 208 valence electrons. The number of allylic oxidation sites excluding steroid dienone is 2. The summed E-state index contributed by atoms with van der Waals surface area (Å²) in [5.41, 5.74) is 0.870. The molecule has 0 heterocycles. The lowest BCUT2D eigenvalue weighted by Crippen LogP contribution is -2.60. The van der Waals surface area contributed by atoms with Crippen molar-refractivity contribution >= 4 is 5.91 Å². The molecule has 4 fully saturated rings. The molecule has 11 atom stereocenters. The van der Waals surface area contributed by atoms with E-state index in [1.165, 1.54) is 12.8 Å². The second-order valence-corrected chi connectivity index (χ2v) is 14.8. The normalized spacial score (nSPS) is 49.4. The molecule has 0 radical (unpaired) electrons. The second-order valence-electron chi connectivity index (χ2n) is 14.8. The maximum absolute atomic E-state index is 13.1. The molecule has 0 unspecified atom stereocenters. The van der Waals surface area contributed by atoms with E-state index in [1.807, 2.05) is 30.3 Å². The van der Waals surface area contributed by atoms with Gasteiger partial charge in [-0.15, -0.1) is 0 Å². The van der Waals surface area contributed by atoms with Crippen molar-refractivity contribution in [2.45, 2.75) is 84.4 Å². The van der Waals surface area contributed by atoms with Crippen molar-refractivity contribution in [3.63, 3.8) is 0 Å². The van der Waals surface area contributed by atoms with E-state index in [-0.39, 0.29) is 58.2 Å². The zero-order chi connectivity index (χ0) is 27.3. The van der Waals surface area contributed by atoms with E-state index in [4.69, 9.17) is 0 Å². The lowest BCUT2D eigenvalue weighted by Gasteiger charge is -2.61. The lowest BCUT2D eigenvalue weighted by molar-refractivity contribution is -0.111. The molecule has 3 N–H and O–H groups in total. The lowest BCUT2D eigenvalue weighted by atomic mass is 9.43. The van der Waals surface area contributed by atoms with Crippen molar-refractivity contribution < 1.29 is 15.0 Å². The van der Waals surface area contributed by atoms with Crippen molar-refractivity contribution in [2.24, 2.45) is 44.8 Å². The summed E-state index contributed by atoms with van der Waals surface area (Å²) in [5, 5.41) is 25.7. The Kier molecular flexibility index (Phi) is 5.87. The number of carbonyl (C=O) groups excluding carboxylic acids is 1. The van der Waals surface area contributed by atoms with Gasteiger partial charge in [-0.05, 0) is 105 Å². The van der Waals surface area contributed by atoms with Crippen LogP contribution in [0, 0.1) is 44.8 Å². The van der Waals surface area contributed by atoms with Crippen LogP contribution in [0.1, 0.15) is 76.6 Å². The quantitative estimate of drug-likeness (QED) is 0.483. The van der Waals surface area contributed by atoms with Crippen LogP contribution in [0.3, 0.4) is 0 Å². The number of carbonyl (C=O) groups is 1. The highest BCUT2D eigenvalue weighted by molar-refractivity contribution is 5.94. The molecule has 6 rings (SSSR count). The SMILES string of the molecule is C[C@@H]([C@H]1[C@@H](O)C[C@@]2(C)[C@@H]3C=C[C@H]4[C@@](C)(CO)[C@@H](NC(=O)c5ccccc5)CC[C@@]45C[C@@]35CC[C@]12C)N(C)C. The summed E-state index contributed by atoms with van der Waals surface area (Å²) in [5.74, 6) is 0.933. The molecule has 5 nitrogen and oxygen atoms in total. The number of rotatable bonds is 5. The van der Waals surface area contributed by atoms with Crippen molar-refractivity contribution in [3.8, 4) is 0 Å². The van der Waals surface area contributed by atoms with Gasteiger partial charge in [-0.25, -0.2) is 0 Å². The smallest absolute Gasteiger partial charge is 0.251 e. The van der Waals surface area contributed by atoms with E-state index >= 15 is 0 Å². The minimum Gasteiger partial charge on any atom is -0.396 e. The van der Waals surface area contributed by atoms with Gasteiger partial charge in [-0.3, -0.25) is 4.79 Å². The molecular formula is C33H48N2O3. The van der Waals surface area contributed by atoms with Gasteiger partial charge in [0.2, 0.25) is 0 Å². The molecule has 0 saturated heterocycles. The summed E-state index contributed by atoms with van der Waals surface area (Å²) < 4.78 is 0. The molecule has 1 amide bonds. The summed E-state index contributed by atoms with van der Waals surface area (Å²) in [6, 6.07) is 9.72. The van der Waals surface area contributed by atoms with E-state index in [2.05, 4.69) is 64.2 Å². The van der Waals surface area contributed by atoms with Gasteiger partial charge in [0, 0.05) is 29.0 Å². The minimum absolute atomic E-state index is 0.0451. The van der Waals surface area contributed by atoms with Crippen LogP contribution in [0.15, 0.2) is 42.5 Å². The maximum atomic E-state index is 13.1. The number of benzene rings is 1. The van der Waals surface area contributed by atoms with Crippen LogP contribution in [-0.4, -0.2) is 59.9 Å². The summed E-state index contributed by atoms with van der Waals surface area (Å²) >= 11 is 0. The fourth-order valence-electron chi connectivity index (χ4n) is 11.0. The Balaban J connectivity index is 1.33. The summed E-state index contributed by atoms with van der Waals surface area (Å²) in [4.78, 5) is 15.4. The molecule has 2 spiro atoms. The molecule has 5 aliphatic rings. The van der Waals surface area contributed by atoms with Crippen LogP contribution < -0.4 is 5.32 Å². The van der Waals surface area contributed by atoms with Crippen molar-refractivity contribution in [2.75, 3.05) is 20.7 Å². The van der Waals surface area contributed by atoms with Crippen LogP contribution in [0.25, 0.3) is 0 Å². The Hall–Kier alpha value is -1.69. The van der Waals surface area contributed by atoms with Gasteiger partial charge in [-0.1, -0.05) is 51.1 Å². The highest BCUT2D eigenvalue weighted by Gasteiger charge is 2.82. The Morgan fingerprint density at radius 1 is 1.03 bits per heavy atom. The summed E-state index contributed by atoms with van der Waals surface area (Å²) in [6.45, 7) is 9.52. The number of hydrogen-bond acceptors (Lipinski definition) is 4. The molecule has 5 heteroatoms. The molecule has 4 saturated carbocycles. The second kappa shape index (κ2) is 8.41. The molecule has 0 bridgehead atoms. The highest BCUT2D eigenvalue weighted by atomic mass is 16.3. The van der Waals surface area contributed by atoms with Gasteiger partial charge in [0.05, 0.1) is 12.7 Å². The van der Waals surface area contributed by atoms with Crippen LogP contribution in [-0.2, 0) is 0 Å². The average molecular weight is 521 g/mol. The van der Waals surface area contributed by atoms with Gasteiger partial charge < -0.3 is 20.4 Å². The number of nitrogens with one attached hydrogen (secondary N) is 1. The Morgan fingerprint density at radius 2 is 1.68 bits per heavy atom. The van der Waals surface area contributed by atoms with Crippen LogP contribution in [0.4, 0.5) is 0 Å². The van der Waals surface area contributed by atoms with Gasteiger partial charge in [0.25, 0.3) is 5.91 Å². The summed E-state index contributed by atoms with van der Waals surface area (Å²) in [7, 11) is 4.29. The Bertz CT molecular complexity index is 1140. The van der Waals surface area contributed by atoms with Crippen molar-refractivity contribution in [3.05, 3.63) is 48.0 Å². The first-order valence-corrected chi connectivity index (χ1v) is 14.9. The predicted molar refractivity (Wildman–Crippen MR) is 150 cm³/mol. The molecule has 1 aromatic rings. The average Bonchev–Trinajstić information content (AvgIpc) is 3.50. The number of aliphatic hydroxyl groups excluding tert-OH is 2. The zero-order valence-electron chi connectivity index (χ0n) is 24.2. The van der Waals surface area contributed by atoms with Gasteiger partial charge in [-0.2, -0.15) is 0 Å². The molecule has 0 aliphatic heterocycles. The van der Waals surface area contributed by atoms with Crippen LogP contribution >= 0.6 is 0 Å². The molecule has 38 heavy (non-hydrogen) atoms. The first-order chi connectivity index (χ1) is 17.9. The fourth-order valence-corrected chi connectivity index (χ4v) is 11.0.